The van der Waals surface area contributed by atoms with Gasteiger partial charge in [-0.3, -0.25) is 0 Å². The van der Waals surface area contributed by atoms with E-state index in [0.29, 0.717) is 12.2 Å². The molecule has 0 bridgehead atoms. The lowest BCUT2D eigenvalue weighted by Crippen LogP contribution is -2.11. The van der Waals surface area contributed by atoms with Crippen molar-refractivity contribution in [2.75, 3.05) is 7.11 Å². The van der Waals surface area contributed by atoms with Gasteiger partial charge in [0.05, 0.1) is 7.11 Å². The maximum Gasteiger partial charge on any atom is 0.328 e. The molecule has 148 valence electrons. The quantitative estimate of drug-likeness (QED) is 0.475. The van der Waals surface area contributed by atoms with Crippen LogP contribution in [-0.2, 0) is 16.0 Å². The van der Waals surface area contributed by atoms with Crippen molar-refractivity contribution in [1.29, 1.82) is 0 Å². The van der Waals surface area contributed by atoms with E-state index in [-0.39, 0.29) is 6.04 Å². The molecule has 6 heteroatoms. The van der Waals surface area contributed by atoms with Crippen molar-refractivity contribution in [1.82, 2.24) is 0 Å². The van der Waals surface area contributed by atoms with Gasteiger partial charge in [-0.15, -0.1) is 6.58 Å². The number of carbonyl (C=O) groups is 2. The Morgan fingerprint density at radius 2 is 1.75 bits per heavy atom. The fraction of sp³-hybridized carbons (Fsp3) is 0.182. The first kappa shape index (κ1) is 22.7. The average molecular weight is 383 g/mol. The van der Waals surface area contributed by atoms with Gasteiger partial charge in [-0.2, -0.15) is 0 Å². The highest BCUT2D eigenvalue weighted by molar-refractivity contribution is 5.89. The molecule has 0 aromatic heterocycles. The molecule has 0 aliphatic rings. The summed E-state index contributed by atoms with van der Waals surface area (Å²) in [5.41, 5.74) is 9.89. The highest BCUT2D eigenvalue weighted by Crippen LogP contribution is 2.23. The molecule has 28 heavy (non-hydrogen) atoms. The molecule has 2 aromatic rings. The van der Waals surface area contributed by atoms with Gasteiger partial charge in [0.25, 0.3) is 0 Å². The second kappa shape index (κ2) is 12.1. The third-order valence-electron chi connectivity index (χ3n) is 3.77. The van der Waals surface area contributed by atoms with E-state index in [1.165, 1.54) is 16.7 Å². The molecular formula is C22H25NO5. The summed E-state index contributed by atoms with van der Waals surface area (Å²) in [5, 5.41) is 15.6. The van der Waals surface area contributed by atoms with Crippen LogP contribution in [-0.4, -0.2) is 29.3 Å². The zero-order chi connectivity index (χ0) is 20.9. The highest BCUT2D eigenvalue weighted by Gasteiger charge is 2.10. The van der Waals surface area contributed by atoms with Crippen LogP contribution in [0.15, 0.2) is 73.3 Å². The zero-order valence-corrected chi connectivity index (χ0v) is 15.7. The number of hydrogen-bond acceptors (Lipinski definition) is 4. The Bertz CT molecular complexity index is 813. The molecule has 0 spiro atoms. The number of nitrogens with two attached hydrogens (primary N) is 1. The number of ether oxygens (including phenoxy) is 1. The van der Waals surface area contributed by atoms with E-state index >= 15 is 0 Å². The number of methoxy groups -OCH3 is 1. The molecule has 0 saturated heterocycles. The summed E-state index contributed by atoms with van der Waals surface area (Å²) in [6, 6.07) is 16.5. The Morgan fingerprint density at radius 3 is 2.32 bits per heavy atom. The van der Waals surface area contributed by atoms with E-state index in [4.69, 9.17) is 20.7 Å². The Balaban J connectivity index is 0.000000416. The van der Waals surface area contributed by atoms with Crippen molar-refractivity contribution in [3.8, 4) is 5.75 Å². The molecule has 1 atom stereocenters. The van der Waals surface area contributed by atoms with Crippen LogP contribution in [0.4, 0.5) is 0 Å². The minimum Gasteiger partial charge on any atom is -0.497 e. The average Bonchev–Trinajstić information content (AvgIpc) is 2.67. The number of rotatable bonds is 8. The van der Waals surface area contributed by atoms with Gasteiger partial charge in [0.1, 0.15) is 5.75 Å². The summed E-state index contributed by atoms with van der Waals surface area (Å²) in [6.45, 7) is 3.77. The Labute approximate surface area is 164 Å². The summed E-state index contributed by atoms with van der Waals surface area (Å²) in [4.78, 5) is 19.1. The predicted molar refractivity (Wildman–Crippen MR) is 108 cm³/mol. The summed E-state index contributed by atoms with van der Waals surface area (Å²) in [6.07, 6.45) is 4.63. The third-order valence-corrected chi connectivity index (χ3v) is 3.77. The number of hydrogen-bond donors (Lipinski definition) is 3. The first-order chi connectivity index (χ1) is 13.4. The molecule has 4 N–H and O–H groups in total. The van der Waals surface area contributed by atoms with Gasteiger partial charge < -0.3 is 20.7 Å². The molecule has 0 aliphatic carbocycles. The van der Waals surface area contributed by atoms with Crippen molar-refractivity contribution in [3.05, 3.63) is 90.0 Å². The van der Waals surface area contributed by atoms with Gasteiger partial charge in [-0.05, 0) is 41.7 Å². The van der Waals surface area contributed by atoms with Crippen molar-refractivity contribution >= 4 is 11.9 Å². The van der Waals surface area contributed by atoms with Gasteiger partial charge >= 0.3 is 11.9 Å². The van der Waals surface area contributed by atoms with Gasteiger partial charge in [0.2, 0.25) is 0 Å². The normalized spacial score (nSPS) is 11.2. The molecule has 0 radical (unpaired) electrons. The zero-order valence-electron chi connectivity index (χ0n) is 15.7. The number of carboxylic acids is 2. The lowest BCUT2D eigenvalue weighted by atomic mass is 9.94. The summed E-state index contributed by atoms with van der Waals surface area (Å²) >= 11 is 0. The highest BCUT2D eigenvalue weighted by atomic mass is 16.5. The largest absolute Gasteiger partial charge is 0.497 e. The van der Waals surface area contributed by atoms with Crippen LogP contribution < -0.4 is 10.5 Å². The SMILES string of the molecule is C=CCC(N)c1ccccc1Cc1cccc(OC)c1.O=C(O)/C=C/C(=O)O. The number of benzene rings is 2. The van der Waals surface area contributed by atoms with Crippen LogP contribution in [0.2, 0.25) is 0 Å². The van der Waals surface area contributed by atoms with Gasteiger partial charge in [0, 0.05) is 18.2 Å². The van der Waals surface area contributed by atoms with Crippen LogP contribution in [0.25, 0.3) is 0 Å². The fourth-order valence-electron chi connectivity index (χ4n) is 2.51. The molecule has 1 unspecified atom stereocenters. The third kappa shape index (κ3) is 8.33. The maximum atomic E-state index is 9.55. The monoisotopic (exact) mass is 383 g/mol. The van der Waals surface area contributed by atoms with Crippen molar-refractivity contribution in [2.45, 2.75) is 18.9 Å². The number of aliphatic carboxylic acids is 2. The predicted octanol–water partition coefficient (Wildman–Crippen LogP) is 3.57. The van der Waals surface area contributed by atoms with Crippen LogP contribution in [0.1, 0.15) is 29.2 Å². The summed E-state index contributed by atoms with van der Waals surface area (Å²) in [5.74, 6) is -1.63. The fourth-order valence-corrected chi connectivity index (χ4v) is 2.51. The molecule has 2 aromatic carbocycles. The van der Waals surface area contributed by atoms with E-state index in [0.717, 1.165) is 18.6 Å². The molecule has 0 saturated carbocycles. The lowest BCUT2D eigenvalue weighted by Gasteiger charge is -2.15. The first-order valence-corrected chi connectivity index (χ1v) is 8.58. The number of carboxylic acid groups (broad SMARTS) is 2. The van der Waals surface area contributed by atoms with Crippen LogP contribution in [0.5, 0.6) is 5.75 Å². The van der Waals surface area contributed by atoms with Crippen LogP contribution >= 0.6 is 0 Å². The van der Waals surface area contributed by atoms with E-state index in [1.807, 2.05) is 24.3 Å². The molecule has 2 rings (SSSR count). The molecule has 0 aliphatic heterocycles. The molecule has 0 fully saturated rings. The van der Waals surface area contributed by atoms with Crippen molar-refractivity contribution in [3.63, 3.8) is 0 Å². The topological polar surface area (TPSA) is 110 Å². The Hall–Kier alpha value is -3.38. The van der Waals surface area contributed by atoms with E-state index in [2.05, 4.69) is 36.9 Å². The minimum absolute atomic E-state index is 0.00862. The van der Waals surface area contributed by atoms with Crippen molar-refractivity contribution in [2.24, 2.45) is 5.73 Å². The standard InChI is InChI=1S/C18H21NO.C4H4O4/c1-3-7-18(19)17-11-5-4-9-15(17)12-14-8-6-10-16(13-14)20-2;5-3(6)1-2-4(7)8/h3-6,8-11,13,18H,1,7,12,19H2,2H3;1-2H,(H,5,6)(H,7,8)/b;2-1+. The van der Waals surface area contributed by atoms with E-state index in [1.54, 1.807) is 7.11 Å². The minimum atomic E-state index is -1.26. The Morgan fingerprint density at radius 1 is 1.11 bits per heavy atom. The maximum absolute atomic E-state index is 9.55. The van der Waals surface area contributed by atoms with Crippen LogP contribution in [0, 0.1) is 0 Å². The van der Waals surface area contributed by atoms with E-state index in [9.17, 15) is 9.59 Å². The van der Waals surface area contributed by atoms with Gasteiger partial charge in [-0.1, -0.05) is 42.5 Å². The smallest absolute Gasteiger partial charge is 0.328 e. The van der Waals surface area contributed by atoms with Gasteiger partial charge in [-0.25, -0.2) is 9.59 Å². The summed E-state index contributed by atoms with van der Waals surface area (Å²) in [7, 11) is 1.69. The Kier molecular flexibility index (Phi) is 9.78. The molecular weight excluding hydrogens is 358 g/mol. The van der Waals surface area contributed by atoms with Gasteiger partial charge in [0.15, 0.2) is 0 Å². The first-order valence-electron chi connectivity index (χ1n) is 8.58. The van der Waals surface area contributed by atoms with Crippen molar-refractivity contribution < 1.29 is 24.5 Å². The van der Waals surface area contributed by atoms with Crippen LogP contribution in [0.3, 0.4) is 0 Å². The molecule has 0 heterocycles. The summed E-state index contributed by atoms with van der Waals surface area (Å²) < 4.78 is 5.27. The second-order valence-electron chi connectivity index (χ2n) is 5.87. The van der Waals surface area contributed by atoms with E-state index < -0.39 is 11.9 Å². The molecule has 0 amide bonds. The second-order valence-corrected chi connectivity index (χ2v) is 5.87. The molecule has 6 nitrogen and oxygen atoms in total. The lowest BCUT2D eigenvalue weighted by molar-refractivity contribution is -0.134.